The Morgan fingerprint density at radius 2 is 2.43 bits per heavy atom. The van der Waals surface area contributed by atoms with E-state index < -0.39 is 0 Å². The molecule has 0 aliphatic carbocycles. The summed E-state index contributed by atoms with van der Waals surface area (Å²) in [7, 11) is 1.55. The molecule has 1 fully saturated rings. The van der Waals surface area contributed by atoms with Crippen molar-refractivity contribution < 1.29 is 4.74 Å². The maximum Gasteiger partial charge on any atom is 0.256 e. The van der Waals surface area contributed by atoms with Gasteiger partial charge in [0.15, 0.2) is 0 Å². The van der Waals surface area contributed by atoms with Gasteiger partial charge in [-0.2, -0.15) is 16.9 Å². The lowest BCUT2D eigenvalue weighted by atomic mass is 10.0. The van der Waals surface area contributed by atoms with Gasteiger partial charge in [0.2, 0.25) is 0 Å². The van der Waals surface area contributed by atoms with Gasteiger partial charge < -0.3 is 10.5 Å². The van der Waals surface area contributed by atoms with Crippen molar-refractivity contribution in [2.45, 2.75) is 12.3 Å². The number of ether oxygens (including phenoxy) is 1. The molecule has 4 nitrogen and oxygen atoms in total. The maximum absolute atomic E-state index is 5.77. The summed E-state index contributed by atoms with van der Waals surface area (Å²) >= 11 is 1.95. The van der Waals surface area contributed by atoms with Crippen LogP contribution in [-0.4, -0.2) is 28.8 Å². The third-order valence-electron chi connectivity index (χ3n) is 2.35. The van der Waals surface area contributed by atoms with Crippen LogP contribution in [0.5, 0.6) is 5.88 Å². The second-order valence-electron chi connectivity index (χ2n) is 3.29. The molecular formula is C9H13N3OS. The minimum Gasteiger partial charge on any atom is -0.478 e. The predicted molar refractivity (Wildman–Crippen MR) is 57.7 cm³/mol. The molecule has 1 aromatic heterocycles. The molecule has 14 heavy (non-hydrogen) atoms. The molecule has 5 heteroatoms. The number of rotatable bonds is 2. The molecule has 1 aromatic rings. The van der Waals surface area contributed by atoms with Crippen LogP contribution >= 0.6 is 11.8 Å². The summed E-state index contributed by atoms with van der Waals surface area (Å²) in [5, 5.41) is 8.06. The number of hydrogen-bond donors (Lipinski definition) is 1. The van der Waals surface area contributed by atoms with Crippen molar-refractivity contribution >= 4 is 17.4 Å². The Morgan fingerprint density at radius 1 is 1.57 bits per heavy atom. The third-order valence-corrected chi connectivity index (χ3v) is 3.51. The van der Waals surface area contributed by atoms with Gasteiger partial charge in [0.1, 0.15) is 0 Å². The smallest absolute Gasteiger partial charge is 0.256 e. The fraction of sp³-hybridized carbons (Fsp3) is 0.556. The Hall–Kier alpha value is -0.970. The molecule has 76 valence electrons. The molecule has 0 bridgehead atoms. The first-order valence-electron chi connectivity index (χ1n) is 4.56. The van der Waals surface area contributed by atoms with Crippen LogP contribution in [0.15, 0.2) is 6.07 Å². The number of methoxy groups -OCH3 is 1. The first kappa shape index (κ1) is 9.58. The molecule has 2 N–H and O–H groups in total. The second-order valence-corrected chi connectivity index (χ2v) is 4.44. The molecule has 1 atom stereocenters. The fourth-order valence-electron chi connectivity index (χ4n) is 1.54. The summed E-state index contributed by atoms with van der Waals surface area (Å²) in [6.45, 7) is 0. The number of nitrogen functional groups attached to an aromatic ring is 1. The molecule has 1 aliphatic rings. The standard InChI is InChI=1S/C9H13N3OS/c1-13-9-7(10)4-8(11-12-9)6-2-3-14-5-6/h4,6H,2-3,5H2,1H3,(H2,10,11). The summed E-state index contributed by atoms with van der Waals surface area (Å²) in [5.41, 5.74) is 7.34. The van der Waals surface area contributed by atoms with Crippen molar-refractivity contribution in [3.63, 3.8) is 0 Å². The van der Waals surface area contributed by atoms with E-state index >= 15 is 0 Å². The normalized spacial score (nSPS) is 21.1. The van der Waals surface area contributed by atoms with Gasteiger partial charge >= 0.3 is 0 Å². The molecule has 0 amide bonds. The number of aromatic nitrogens is 2. The largest absolute Gasteiger partial charge is 0.478 e. The number of thioether (sulfide) groups is 1. The lowest BCUT2D eigenvalue weighted by molar-refractivity contribution is 0.393. The van der Waals surface area contributed by atoms with Crippen LogP contribution in [0.1, 0.15) is 18.0 Å². The zero-order chi connectivity index (χ0) is 9.97. The predicted octanol–water partition coefficient (Wildman–Crippen LogP) is 1.29. The number of nitrogens with zero attached hydrogens (tertiary/aromatic N) is 2. The molecule has 2 rings (SSSR count). The summed E-state index contributed by atoms with van der Waals surface area (Å²) in [6, 6.07) is 1.88. The van der Waals surface area contributed by atoms with E-state index in [-0.39, 0.29) is 0 Å². The quantitative estimate of drug-likeness (QED) is 0.798. The van der Waals surface area contributed by atoms with Gasteiger partial charge in [-0.05, 0) is 18.2 Å². The minimum absolute atomic E-state index is 0.416. The molecule has 0 radical (unpaired) electrons. The number of hydrogen-bond acceptors (Lipinski definition) is 5. The Morgan fingerprint density at radius 3 is 3.00 bits per heavy atom. The van der Waals surface area contributed by atoms with Gasteiger partial charge in [-0.15, -0.1) is 5.10 Å². The van der Waals surface area contributed by atoms with E-state index in [0.29, 0.717) is 17.5 Å². The van der Waals surface area contributed by atoms with Crippen molar-refractivity contribution in [3.8, 4) is 5.88 Å². The Kier molecular flexibility index (Phi) is 2.77. The SMILES string of the molecule is COc1nnc(C2CCSC2)cc1N. The van der Waals surface area contributed by atoms with E-state index in [1.54, 1.807) is 7.11 Å². The molecule has 1 unspecified atom stereocenters. The van der Waals surface area contributed by atoms with E-state index in [9.17, 15) is 0 Å². The Balaban J connectivity index is 2.23. The summed E-state index contributed by atoms with van der Waals surface area (Å²) in [5.74, 6) is 3.26. The lowest BCUT2D eigenvalue weighted by Gasteiger charge is -2.08. The van der Waals surface area contributed by atoms with Crippen molar-refractivity contribution in [2.24, 2.45) is 0 Å². The highest BCUT2D eigenvalue weighted by molar-refractivity contribution is 7.99. The molecule has 0 saturated carbocycles. The van der Waals surface area contributed by atoms with Crippen molar-refractivity contribution in [1.82, 2.24) is 10.2 Å². The Bertz CT molecular complexity index is 326. The first-order chi connectivity index (χ1) is 6.81. The highest BCUT2D eigenvalue weighted by Gasteiger charge is 2.20. The molecule has 1 aliphatic heterocycles. The third kappa shape index (κ3) is 1.77. The average Bonchev–Trinajstić information content (AvgIpc) is 2.70. The molecule has 0 spiro atoms. The van der Waals surface area contributed by atoms with Crippen LogP contribution in [0.25, 0.3) is 0 Å². The van der Waals surface area contributed by atoms with Gasteiger partial charge in [-0.25, -0.2) is 0 Å². The molecule has 2 heterocycles. The van der Waals surface area contributed by atoms with Gasteiger partial charge in [-0.1, -0.05) is 0 Å². The van der Waals surface area contributed by atoms with E-state index in [0.717, 1.165) is 11.4 Å². The number of anilines is 1. The minimum atomic E-state index is 0.416. The lowest BCUT2D eigenvalue weighted by Crippen LogP contribution is -2.05. The Labute approximate surface area is 87.2 Å². The summed E-state index contributed by atoms with van der Waals surface area (Å²) < 4.78 is 4.96. The highest BCUT2D eigenvalue weighted by Crippen LogP contribution is 2.32. The van der Waals surface area contributed by atoms with E-state index in [2.05, 4.69) is 10.2 Å². The average molecular weight is 211 g/mol. The van der Waals surface area contributed by atoms with Crippen LogP contribution < -0.4 is 10.5 Å². The first-order valence-corrected chi connectivity index (χ1v) is 5.71. The van der Waals surface area contributed by atoms with Crippen LogP contribution in [0, 0.1) is 0 Å². The van der Waals surface area contributed by atoms with Crippen LogP contribution in [0.4, 0.5) is 5.69 Å². The zero-order valence-corrected chi connectivity index (χ0v) is 8.88. The van der Waals surface area contributed by atoms with E-state index in [1.165, 1.54) is 12.2 Å². The number of nitrogens with two attached hydrogens (primary N) is 1. The van der Waals surface area contributed by atoms with Crippen molar-refractivity contribution in [1.29, 1.82) is 0 Å². The van der Waals surface area contributed by atoms with Crippen molar-refractivity contribution in [3.05, 3.63) is 11.8 Å². The second kappa shape index (κ2) is 4.04. The maximum atomic E-state index is 5.77. The highest BCUT2D eigenvalue weighted by atomic mass is 32.2. The van der Waals surface area contributed by atoms with Gasteiger partial charge in [-0.3, -0.25) is 0 Å². The fourth-order valence-corrected chi connectivity index (χ4v) is 2.78. The van der Waals surface area contributed by atoms with Crippen LogP contribution in [0.2, 0.25) is 0 Å². The van der Waals surface area contributed by atoms with Gasteiger partial charge in [0.05, 0.1) is 18.5 Å². The van der Waals surface area contributed by atoms with E-state index in [1.807, 2.05) is 17.8 Å². The van der Waals surface area contributed by atoms with Crippen LogP contribution in [-0.2, 0) is 0 Å². The van der Waals surface area contributed by atoms with Crippen molar-refractivity contribution in [2.75, 3.05) is 24.3 Å². The monoisotopic (exact) mass is 211 g/mol. The summed E-state index contributed by atoms with van der Waals surface area (Å²) in [6.07, 6.45) is 1.17. The van der Waals surface area contributed by atoms with E-state index in [4.69, 9.17) is 10.5 Å². The van der Waals surface area contributed by atoms with Gasteiger partial charge in [0.25, 0.3) is 5.88 Å². The topological polar surface area (TPSA) is 61.0 Å². The van der Waals surface area contributed by atoms with Gasteiger partial charge in [0, 0.05) is 11.7 Å². The molecule has 0 aromatic carbocycles. The summed E-state index contributed by atoms with van der Waals surface area (Å²) in [4.78, 5) is 0. The zero-order valence-electron chi connectivity index (χ0n) is 8.06. The molecule has 1 saturated heterocycles. The molecular weight excluding hydrogens is 198 g/mol. The van der Waals surface area contributed by atoms with Crippen LogP contribution in [0.3, 0.4) is 0 Å².